The average Bonchev–Trinajstić information content (AvgIpc) is 3.32. The number of hydrogen-bond acceptors (Lipinski definition) is 4. The van der Waals surface area contributed by atoms with Crippen LogP contribution in [0.4, 0.5) is 0 Å². The Morgan fingerprint density at radius 3 is 2.46 bits per heavy atom. The Morgan fingerprint density at radius 2 is 1.73 bits per heavy atom. The number of nitrogens with zero attached hydrogens (tertiary/aromatic N) is 2. The maximum absolute atomic E-state index is 13.0. The molecular formula is C21H30N4O. The third-order valence-electron chi connectivity index (χ3n) is 6.81. The van der Waals surface area contributed by atoms with E-state index in [-0.39, 0.29) is 6.04 Å². The molecule has 5 nitrogen and oxygen atoms in total. The number of amides is 1. The van der Waals surface area contributed by atoms with Gasteiger partial charge in [-0.2, -0.15) is 0 Å². The minimum Gasteiger partial charge on any atom is -0.340 e. The molecule has 4 aliphatic rings. The summed E-state index contributed by atoms with van der Waals surface area (Å²) in [5.41, 5.74) is 9.66. The number of rotatable bonds is 3. The molecule has 2 aliphatic heterocycles. The van der Waals surface area contributed by atoms with E-state index < -0.39 is 0 Å². The maximum atomic E-state index is 13.0. The molecule has 1 aromatic rings. The van der Waals surface area contributed by atoms with Crippen molar-refractivity contribution in [2.24, 2.45) is 5.92 Å². The molecule has 5 rings (SSSR count). The van der Waals surface area contributed by atoms with Gasteiger partial charge >= 0.3 is 0 Å². The van der Waals surface area contributed by atoms with Crippen LogP contribution in [0.2, 0.25) is 0 Å². The molecule has 2 unspecified atom stereocenters. The normalized spacial score (nSPS) is 30.4. The van der Waals surface area contributed by atoms with E-state index in [1.54, 1.807) is 0 Å². The Balaban J connectivity index is 1.16. The first-order chi connectivity index (χ1) is 12.8. The van der Waals surface area contributed by atoms with Crippen molar-refractivity contribution >= 4 is 5.91 Å². The van der Waals surface area contributed by atoms with Crippen molar-refractivity contribution in [1.82, 2.24) is 20.7 Å². The molecule has 2 N–H and O–H groups in total. The fraction of sp³-hybridized carbons (Fsp3) is 0.667. The van der Waals surface area contributed by atoms with Crippen molar-refractivity contribution in [2.45, 2.75) is 56.7 Å². The van der Waals surface area contributed by atoms with Crippen molar-refractivity contribution in [3.05, 3.63) is 35.4 Å². The van der Waals surface area contributed by atoms with Gasteiger partial charge in [-0.15, -0.1) is 0 Å². The van der Waals surface area contributed by atoms with Crippen LogP contribution in [-0.4, -0.2) is 60.0 Å². The third kappa shape index (κ3) is 3.28. The van der Waals surface area contributed by atoms with Crippen LogP contribution in [0.15, 0.2) is 24.3 Å². The molecule has 2 aliphatic carbocycles. The second kappa shape index (κ2) is 6.95. The molecule has 0 radical (unpaired) electrons. The van der Waals surface area contributed by atoms with Crippen LogP contribution in [0.3, 0.4) is 0 Å². The first-order valence-corrected chi connectivity index (χ1v) is 10.4. The molecule has 0 bridgehead atoms. The van der Waals surface area contributed by atoms with Crippen LogP contribution in [0.1, 0.15) is 36.8 Å². The molecule has 0 spiro atoms. The van der Waals surface area contributed by atoms with E-state index in [4.69, 9.17) is 0 Å². The monoisotopic (exact) mass is 354 g/mol. The number of hydrogen-bond donors (Lipinski definition) is 2. The SMILES string of the molecule is O=C(C1CC(C2CC2)NN1)N1CCCN(C2Cc3ccccc3C2)CC1. The van der Waals surface area contributed by atoms with Gasteiger partial charge in [-0.05, 0) is 55.6 Å². The van der Waals surface area contributed by atoms with Crippen molar-refractivity contribution < 1.29 is 4.79 Å². The predicted molar refractivity (Wildman–Crippen MR) is 102 cm³/mol. The van der Waals surface area contributed by atoms with Crippen molar-refractivity contribution in [2.75, 3.05) is 26.2 Å². The van der Waals surface area contributed by atoms with Crippen LogP contribution >= 0.6 is 0 Å². The summed E-state index contributed by atoms with van der Waals surface area (Å²) >= 11 is 0. The van der Waals surface area contributed by atoms with Crippen molar-refractivity contribution in [3.63, 3.8) is 0 Å². The van der Waals surface area contributed by atoms with Gasteiger partial charge in [0.2, 0.25) is 5.91 Å². The molecule has 26 heavy (non-hydrogen) atoms. The third-order valence-corrected chi connectivity index (χ3v) is 6.81. The van der Waals surface area contributed by atoms with E-state index in [1.165, 1.54) is 36.8 Å². The lowest BCUT2D eigenvalue weighted by Gasteiger charge is -2.28. The number of hydrazine groups is 1. The summed E-state index contributed by atoms with van der Waals surface area (Å²) in [4.78, 5) is 17.7. The van der Waals surface area contributed by atoms with Gasteiger partial charge in [-0.1, -0.05) is 24.3 Å². The number of nitrogens with one attached hydrogen (secondary N) is 2. The van der Waals surface area contributed by atoms with Crippen molar-refractivity contribution in [1.29, 1.82) is 0 Å². The van der Waals surface area contributed by atoms with Gasteiger partial charge < -0.3 is 4.90 Å². The van der Waals surface area contributed by atoms with Gasteiger partial charge in [0.25, 0.3) is 0 Å². The van der Waals surface area contributed by atoms with E-state index in [2.05, 4.69) is 44.9 Å². The predicted octanol–water partition coefficient (Wildman–Crippen LogP) is 1.33. The Morgan fingerprint density at radius 1 is 0.962 bits per heavy atom. The van der Waals surface area contributed by atoms with Gasteiger partial charge in [0.1, 0.15) is 6.04 Å². The minimum absolute atomic E-state index is 0.0251. The second-order valence-electron chi connectivity index (χ2n) is 8.57. The average molecular weight is 354 g/mol. The highest BCUT2D eigenvalue weighted by atomic mass is 16.2. The van der Waals surface area contributed by atoms with E-state index in [0.29, 0.717) is 18.0 Å². The summed E-state index contributed by atoms with van der Waals surface area (Å²) in [6.45, 7) is 3.90. The highest BCUT2D eigenvalue weighted by Gasteiger charge is 2.40. The summed E-state index contributed by atoms with van der Waals surface area (Å²) < 4.78 is 0. The lowest BCUT2D eigenvalue weighted by Crippen LogP contribution is -2.47. The molecule has 2 heterocycles. The van der Waals surface area contributed by atoms with Gasteiger partial charge in [-0.3, -0.25) is 15.1 Å². The molecule has 1 saturated carbocycles. The summed E-state index contributed by atoms with van der Waals surface area (Å²) in [5, 5.41) is 0. The molecule has 1 amide bonds. The fourth-order valence-electron chi connectivity index (χ4n) is 5.09. The fourth-order valence-corrected chi connectivity index (χ4v) is 5.09. The maximum Gasteiger partial charge on any atom is 0.241 e. The zero-order chi connectivity index (χ0) is 17.5. The van der Waals surface area contributed by atoms with E-state index in [1.807, 2.05) is 0 Å². The summed E-state index contributed by atoms with van der Waals surface area (Å²) in [6.07, 6.45) is 7.03. The Bertz CT molecular complexity index is 649. The van der Waals surface area contributed by atoms with Crippen molar-refractivity contribution in [3.8, 4) is 0 Å². The molecule has 2 atom stereocenters. The van der Waals surface area contributed by atoms with Crippen LogP contribution in [0.5, 0.6) is 0 Å². The Kier molecular flexibility index (Phi) is 4.47. The lowest BCUT2D eigenvalue weighted by molar-refractivity contribution is -0.133. The molecule has 2 saturated heterocycles. The molecule has 1 aromatic carbocycles. The van der Waals surface area contributed by atoms with Crippen LogP contribution in [0, 0.1) is 5.92 Å². The summed E-state index contributed by atoms with van der Waals surface area (Å²) in [5.74, 6) is 1.10. The molecule has 140 valence electrons. The number of fused-ring (bicyclic) bond motifs is 1. The molecule has 0 aromatic heterocycles. The smallest absolute Gasteiger partial charge is 0.241 e. The number of carbonyl (C=O) groups excluding carboxylic acids is 1. The van der Waals surface area contributed by atoms with Crippen LogP contribution in [-0.2, 0) is 17.6 Å². The summed E-state index contributed by atoms with van der Waals surface area (Å²) in [6, 6.07) is 9.96. The van der Waals surface area contributed by atoms with Gasteiger partial charge in [0.15, 0.2) is 0 Å². The highest BCUT2D eigenvalue weighted by Crippen LogP contribution is 2.35. The van der Waals surface area contributed by atoms with E-state index in [9.17, 15) is 4.79 Å². The second-order valence-corrected chi connectivity index (χ2v) is 8.57. The zero-order valence-corrected chi connectivity index (χ0v) is 15.5. The first-order valence-electron chi connectivity index (χ1n) is 10.4. The van der Waals surface area contributed by atoms with E-state index in [0.717, 1.165) is 44.9 Å². The Hall–Kier alpha value is -1.43. The quantitative estimate of drug-likeness (QED) is 0.860. The van der Waals surface area contributed by atoms with Gasteiger partial charge in [0.05, 0.1) is 0 Å². The standard InChI is InChI=1S/C21H30N4O/c26-21(20-14-19(22-23-20)15-6-7-15)25-9-3-8-24(10-11-25)18-12-16-4-1-2-5-17(16)13-18/h1-2,4-5,15,18-20,22-23H,3,6-14H2. The van der Waals surface area contributed by atoms with Gasteiger partial charge in [-0.25, -0.2) is 5.43 Å². The Labute approximate surface area is 156 Å². The first kappa shape index (κ1) is 16.7. The largest absolute Gasteiger partial charge is 0.340 e. The molecule has 5 heteroatoms. The topological polar surface area (TPSA) is 47.6 Å². The molecule has 3 fully saturated rings. The lowest BCUT2D eigenvalue weighted by atomic mass is 10.1. The minimum atomic E-state index is -0.0251. The van der Waals surface area contributed by atoms with Gasteiger partial charge in [0, 0.05) is 38.3 Å². The highest BCUT2D eigenvalue weighted by molar-refractivity contribution is 5.82. The van der Waals surface area contributed by atoms with Crippen LogP contribution in [0.25, 0.3) is 0 Å². The van der Waals surface area contributed by atoms with Crippen LogP contribution < -0.4 is 10.9 Å². The number of carbonyl (C=O) groups is 1. The number of benzene rings is 1. The summed E-state index contributed by atoms with van der Waals surface area (Å²) in [7, 11) is 0. The van der Waals surface area contributed by atoms with E-state index >= 15 is 0 Å². The molecular weight excluding hydrogens is 324 g/mol. The zero-order valence-electron chi connectivity index (χ0n) is 15.5.